The van der Waals surface area contributed by atoms with Crippen molar-refractivity contribution in [2.45, 2.75) is 31.7 Å². The number of hydrogen-bond donors (Lipinski definition) is 0. The van der Waals surface area contributed by atoms with Gasteiger partial charge >= 0.3 is 0 Å². The fourth-order valence-corrected chi connectivity index (χ4v) is 3.59. The molecule has 1 aromatic heterocycles. The number of aromatic nitrogens is 3. The zero-order chi connectivity index (χ0) is 18.4. The Labute approximate surface area is 146 Å². The van der Waals surface area contributed by atoms with Crippen LogP contribution in [0.4, 0.5) is 17.6 Å². The lowest BCUT2D eigenvalue weighted by molar-refractivity contribution is -0.0672. The Bertz CT molecular complexity index is 815. The van der Waals surface area contributed by atoms with Crippen LogP contribution in [0.3, 0.4) is 0 Å². The van der Waals surface area contributed by atoms with Crippen molar-refractivity contribution < 1.29 is 27.0 Å². The molecule has 2 aliphatic rings. The normalized spacial score (nSPS) is 22.8. The number of nitrogens with zero attached hydrogens (tertiary/aromatic N) is 4. The fourth-order valence-electron chi connectivity index (χ4n) is 3.59. The molecule has 0 amide bonds. The number of fused-ring (bicyclic) bond motifs is 3. The Morgan fingerprint density at radius 2 is 1.92 bits per heavy atom. The van der Waals surface area contributed by atoms with E-state index in [-0.39, 0.29) is 18.7 Å². The summed E-state index contributed by atoms with van der Waals surface area (Å²) in [5, 5.41) is 7.90. The summed E-state index contributed by atoms with van der Waals surface area (Å²) in [6.45, 7) is 0.976. The van der Waals surface area contributed by atoms with Crippen LogP contribution in [0, 0.1) is 23.3 Å². The second-order valence-electron chi connectivity index (χ2n) is 6.38. The van der Waals surface area contributed by atoms with Gasteiger partial charge in [0, 0.05) is 25.2 Å². The van der Waals surface area contributed by atoms with E-state index in [1.807, 2.05) is 0 Å². The lowest BCUT2D eigenvalue weighted by Gasteiger charge is -2.41. The van der Waals surface area contributed by atoms with Crippen LogP contribution in [-0.4, -0.2) is 46.2 Å². The van der Waals surface area contributed by atoms with E-state index in [4.69, 9.17) is 4.74 Å². The SMILES string of the molecule is COc1c(F)c(F)c(CN2CC[C@@H]3OCc4cnnn4[C@@H]3C2)c(F)c1F. The van der Waals surface area contributed by atoms with Crippen molar-refractivity contribution in [2.75, 3.05) is 20.2 Å². The molecule has 3 heterocycles. The van der Waals surface area contributed by atoms with E-state index < -0.39 is 34.6 Å². The summed E-state index contributed by atoms with van der Waals surface area (Å²) >= 11 is 0. The first-order valence-electron chi connectivity index (χ1n) is 8.13. The van der Waals surface area contributed by atoms with Crippen LogP contribution in [0.15, 0.2) is 6.20 Å². The molecule has 2 atom stereocenters. The van der Waals surface area contributed by atoms with E-state index in [1.165, 1.54) is 0 Å². The van der Waals surface area contributed by atoms with Gasteiger partial charge in [0.1, 0.15) is 0 Å². The summed E-state index contributed by atoms with van der Waals surface area (Å²) in [6, 6.07) is -0.172. The third kappa shape index (κ3) is 2.64. The Balaban J connectivity index is 1.60. The highest BCUT2D eigenvalue weighted by atomic mass is 19.2. The first kappa shape index (κ1) is 17.2. The predicted octanol–water partition coefficient (Wildman–Crippen LogP) is 2.19. The van der Waals surface area contributed by atoms with Gasteiger partial charge in [0.2, 0.25) is 11.6 Å². The number of methoxy groups -OCH3 is 1. The van der Waals surface area contributed by atoms with Crippen molar-refractivity contribution >= 4 is 0 Å². The topological polar surface area (TPSA) is 52.4 Å². The number of piperidine rings is 1. The maximum Gasteiger partial charge on any atom is 0.204 e. The average molecular weight is 372 g/mol. The van der Waals surface area contributed by atoms with Gasteiger partial charge in [-0.3, -0.25) is 4.90 Å². The van der Waals surface area contributed by atoms with Crippen molar-refractivity contribution in [3.8, 4) is 5.75 Å². The molecule has 0 unspecified atom stereocenters. The summed E-state index contributed by atoms with van der Waals surface area (Å²) in [4.78, 5) is 1.72. The molecule has 0 bridgehead atoms. The second-order valence-corrected chi connectivity index (χ2v) is 6.38. The first-order chi connectivity index (χ1) is 12.5. The zero-order valence-electron chi connectivity index (χ0n) is 13.9. The number of hydrogen-bond acceptors (Lipinski definition) is 5. The molecule has 1 fully saturated rings. The van der Waals surface area contributed by atoms with Gasteiger partial charge in [-0.2, -0.15) is 8.78 Å². The Morgan fingerprint density at radius 3 is 2.62 bits per heavy atom. The van der Waals surface area contributed by atoms with E-state index >= 15 is 0 Å². The van der Waals surface area contributed by atoms with Gasteiger partial charge in [-0.05, 0) is 6.42 Å². The highest BCUT2D eigenvalue weighted by Gasteiger charge is 2.37. The fraction of sp³-hybridized carbons (Fsp3) is 0.500. The molecule has 140 valence electrons. The maximum absolute atomic E-state index is 14.2. The van der Waals surface area contributed by atoms with Crippen LogP contribution < -0.4 is 4.74 Å². The average Bonchev–Trinajstić information content (AvgIpc) is 3.13. The molecule has 1 aromatic carbocycles. The van der Waals surface area contributed by atoms with Crippen LogP contribution in [-0.2, 0) is 17.9 Å². The van der Waals surface area contributed by atoms with Crippen LogP contribution in [0.5, 0.6) is 5.75 Å². The first-order valence-corrected chi connectivity index (χ1v) is 8.13. The summed E-state index contributed by atoms with van der Waals surface area (Å²) in [5.74, 6) is -7.00. The lowest BCUT2D eigenvalue weighted by atomic mass is 9.99. The predicted molar refractivity (Wildman–Crippen MR) is 80.4 cm³/mol. The van der Waals surface area contributed by atoms with Crippen LogP contribution in [0.1, 0.15) is 23.7 Å². The third-order valence-electron chi connectivity index (χ3n) is 4.91. The molecule has 0 aliphatic carbocycles. The van der Waals surface area contributed by atoms with Crippen LogP contribution >= 0.6 is 0 Å². The molecule has 0 radical (unpaired) electrons. The van der Waals surface area contributed by atoms with Gasteiger partial charge in [-0.25, -0.2) is 13.5 Å². The molecule has 0 spiro atoms. The van der Waals surface area contributed by atoms with Crippen LogP contribution in [0.2, 0.25) is 0 Å². The standard InChI is InChI=1S/C16H16F4N4O2/c1-25-16-14(19)12(17)9(13(18)15(16)20)5-23-3-2-11-10(6-23)24-8(7-26-11)4-21-22-24/h4,10-11H,2-3,5-7H2,1H3/t10-,11+/m1/s1. The zero-order valence-corrected chi connectivity index (χ0v) is 13.9. The van der Waals surface area contributed by atoms with Crippen LogP contribution in [0.25, 0.3) is 0 Å². The van der Waals surface area contributed by atoms with E-state index in [0.717, 1.165) is 12.8 Å². The van der Waals surface area contributed by atoms with Gasteiger partial charge in [0.15, 0.2) is 17.4 Å². The Hall–Kier alpha value is -2.20. The molecular weight excluding hydrogens is 356 g/mol. The largest absolute Gasteiger partial charge is 0.491 e. The minimum Gasteiger partial charge on any atom is -0.491 e. The smallest absolute Gasteiger partial charge is 0.204 e. The quantitative estimate of drug-likeness (QED) is 0.611. The molecular formula is C16H16F4N4O2. The highest BCUT2D eigenvalue weighted by molar-refractivity contribution is 5.34. The Kier molecular flexibility index (Phi) is 4.31. The molecule has 4 rings (SSSR count). The van der Waals surface area contributed by atoms with Gasteiger partial charge < -0.3 is 9.47 Å². The van der Waals surface area contributed by atoms with Gasteiger partial charge in [-0.1, -0.05) is 5.21 Å². The van der Waals surface area contributed by atoms with E-state index in [0.29, 0.717) is 26.1 Å². The summed E-state index contributed by atoms with van der Waals surface area (Å²) in [6.07, 6.45) is 2.12. The summed E-state index contributed by atoms with van der Waals surface area (Å²) in [7, 11) is 0.948. The monoisotopic (exact) mass is 372 g/mol. The van der Waals surface area contributed by atoms with Gasteiger partial charge in [-0.15, -0.1) is 5.10 Å². The second kappa shape index (κ2) is 6.51. The third-order valence-corrected chi connectivity index (χ3v) is 4.91. The molecule has 1 saturated heterocycles. The van der Waals surface area contributed by atoms with E-state index in [9.17, 15) is 17.6 Å². The van der Waals surface area contributed by atoms with Crippen molar-refractivity contribution in [1.82, 2.24) is 19.9 Å². The molecule has 10 heteroatoms. The molecule has 0 N–H and O–H groups in total. The van der Waals surface area contributed by atoms with Crippen molar-refractivity contribution in [2.24, 2.45) is 0 Å². The van der Waals surface area contributed by atoms with E-state index in [1.54, 1.807) is 15.8 Å². The van der Waals surface area contributed by atoms with Gasteiger partial charge in [0.25, 0.3) is 0 Å². The molecule has 0 saturated carbocycles. The highest BCUT2D eigenvalue weighted by Crippen LogP contribution is 2.33. The number of rotatable bonds is 3. The number of benzene rings is 1. The minimum atomic E-state index is -1.53. The molecule has 6 nitrogen and oxygen atoms in total. The number of likely N-dealkylation sites (tertiary alicyclic amines) is 1. The summed E-state index contributed by atoms with van der Waals surface area (Å²) in [5.41, 5.74) is 0.154. The number of halogens is 4. The molecule has 2 aliphatic heterocycles. The van der Waals surface area contributed by atoms with E-state index in [2.05, 4.69) is 15.0 Å². The molecule has 2 aromatic rings. The van der Waals surface area contributed by atoms with Crippen molar-refractivity contribution in [1.29, 1.82) is 0 Å². The Morgan fingerprint density at radius 1 is 1.19 bits per heavy atom. The van der Waals surface area contributed by atoms with Crippen molar-refractivity contribution in [3.05, 3.63) is 40.7 Å². The maximum atomic E-state index is 14.2. The van der Waals surface area contributed by atoms with Gasteiger partial charge in [0.05, 0.1) is 37.8 Å². The summed E-state index contributed by atoms with van der Waals surface area (Å²) < 4.78 is 68.2. The number of ether oxygens (including phenoxy) is 2. The minimum absolute atomic E-state index is 0.0838. The molecule has 26 heavy (non-hydrogen) atoms. The van der Waals surface area contributed by atoms with Crippen molar-refractivity contribution in [3.63, 3.8) is 0 Å². The lowest BCUT2D eigenvalue weighted by Crippen LogP contribution is -2.47.